The topological polar surface area (TPSA) is 92.2 Å². The van der Waals surface area contributed by atoms with Crippen molar-refractivity contribution < 1.29 is 14.7 Å². The van der Waals surface area contributed by atoms with Gasteiger partial charge in [-0.2, -0.15) is 0 Å². The summed E-state index contributed by atoms with van der Waals surface area (Å²) in [5, 5.41) is 14.2. The number of carbonyl (C=O) groups is 2. The number of anilines is 1. The van der Waals surface area contributed by atoms with E-state index in [1.807, 2.05) is 5.38 Å². The first-order valence-corrected chi connectivity index (χ1v) is 6.70. The Bertz CT molecular complexity index is 546. The van der Waals surface area contributed by atoms with Gasteiger partial charge in [-0.15, -0.1) is 11.3 Å². The van der Waals surface area contributed by atoms with Crippen molar-refractivity contribution in [3.8, 4) is 0 Å². The van der Waals surface area contributed by atoms with E-state index >= 15 is 0 Å². The monoisotopic (exact) mass is 283 g/mol. The van der Waals surface area contributed by atoms with Crippen LogP contribution in [0.25, 0.3) is 0 Å². The van der Waals surface area contributed by atoms with E-state index < -0.39 is 5.97 Å². The molecular formula is C10H9N3O3S2. The van der Waals surface area contributed by atoms with E-state index in [0.29, 0.717) is 11.7 Å². The highest BCUT2D eigenvalue weighted by atomic mass is 32.1. The Morgan fingerprint density at radius 3 is 2.78 bits per heavy atom. The van der Waals surface area contributed by atoms with Crippen LogP contribution in [-0.4, -0.2) is 26.8 Å². The summed E-state index contributed by atoms with van der Waals surface area (Å²) in [6.45, 7) is 1.78. The molecule has 6 nitrogen and oxygen atoms in total. The smallest absolute Gasteiger partial charge is 0.356 e. The molecule has 0 bridgehead atoms. The number of rotatable bonds is 5. The summed E-state index contributed by atoms with van der Waals surface area (Å²) < 4.78 is 0. The number of nitrogens with one attached hydrogen (secondary N) is 1. The third-order valence-electron chi connectivity index (χ3n) is 2.05. The molecule has 2 rings (SSSR count). The molecule has 0 unspecified atom stereocenters. The zero-order valence-electron chi connectivity index (χ0n) is 9.34. The summed E-state index contributed by atoms with van der Waals surface area (Å²) in [5.41, 5.74) is 2.35. The molecular weight excluding hydrogens is 274 g/mol. The van der Waals surface area contributed by atoms with E-state index in [9.17, 15) is 9.59 Å². The SMILES string of the molecule is CC(=O)c1sc(NCc2cscn2)nc1C(=O)O. The van der Waals surface area contributed by atoms with Crippen molar-refractivity contribution in [3.05, 3.63) is 27.2 Å². The van der Waals surface area contributed by atoms with Crippen molar-refractivity contribution in [2.75, 3.05) is 5.32 Å². The van der Waals surface area contributed by atoms with Gasteiger partial charge >= 0.3 is 5.97 Å². The maximum atomic E-state index is 11.3. The minimum Gasteiger partial charge on any atom is -0.476 e. The quantitative estimate of drug-likeness (QED) is 0.816. The number of nitrogens with zero attached hydrogens (tertiary/aromatic N) is 2. The lowest BCUT2D eigenvalue weighted by atomic mass is 10.3. The third kappa shape index (κ3) is 2.71. The molecule has 0 spiro atoms. The minimum atomic E-state index is -1.20. The van der Waals surface area contributed by atoms with E-state index in [0.717, 1.165) is 17.0 Å². The Hall–Kier alpha value is -1.80. The van der Waals surface area contributed by atoms with E-state index in [-0.39, 0.29) is 16.4 Å². The largest absolute Gasteiger partial charge is 0.476 e. The van der Waals surface area contributed by atoms with E-state index in [1.54, 1.807) is 5.51 Å². The van der Waals surface area contributed by atoms with Gasteiger partial charge in [0.2, 0.25) is 0 Å². The van der Waals surface area contributed by atoms with Gasteiger partial charge in [0.05, 0.1) is 17.7 Å². The van der Waals surface area contributed by atoms with Crippen molar-refractivity contribution in [2.45, 2.75) is 13.5 Å². The molecule has 0 aromatic carbocycles. The number of carbonyl (C=O) groups excluding carboxylic acids is 1. The molecule has 0 aliphatic rings. The average molecular weight is 283 g/mol. The summed E-state index contributed by atoms with van der Waals surface area (Å²) in [4.78, 5) is 30.3. The summed E-state index contributed by atoms with van der Waals surface area (Å²) in [6.07, 6.45) is 0. The van der Waals surface area contributed by atoms with E-state index in [4.69, 9.17) is 5.11 Å². The molecule has 2 aromatic heterocycles. The molecule has 0 fully saturated rings. The lowest BCUT2D eigenvalue weighted by Crippen LogP contribution is -2.04. The molecule has 0 atom stereocenters. The normalized spacial score (nSPS) is 10.3. The molecule has 8 heteroatoms. The number of carboxylic acid groups (broad SMARTS) is 1. The molecule has 2 N–H and O–H groups in total. The zero-order chi connectivity index (χ0) is 13.1. The van der Waals surface area contributed by atoms with Crippen molar-refractivity contribution in [1.82, 2.24) is 9.97 Å². The highest BCUT2D eigenvalue weighted by molar-refractivity contribution is 7.17. The lowest BCUT2D eigenvalue weighted by molar-refractivity contribution is 0.0687. The van der Waals surface area contributed by atoms with Crippen molar-refractivity contribution in [3.63, 3.8) is 0 Å². The predicted octanol–water partition coefficient (Wildman–Crippen LogP) is 2.11. The van der Waals surface area contributed by atoms with Crippen molar-refractivity contribution >= 4 is 39.6 Å². The summed E-state index contributed by atoms with van der Waals surface area (Å²) in [7, 11) is 0. The van der Waals surface area contributed by atoms with E-state index in [2.05, 4.69) is 15.3 Å². The first-order valence-electron chi connectivity index (χ1n) is 4.94. The third-order valence-corrected chi connectivity index (χ3v) is 3.80. The van der Waals surface area contributed by atoms with Gasteiger partial charge in [-0.05, 0) is 0 Å². The maximum Gasteiger partial charge on any atom is 0.356 e. The Morgan fingerprint density at radius 1 is 1.50 bits per heavy atom. The fraction of sp³-hybridized carbons (Fsp3) is 0.200. The standard InChI is InChI=1S/C10H9N3O3S2/c1-5(14)8-7(9(15)16)13-10(18-8)11-2-6-3-17-4-12-6/h3-4H,2H2,1H3,(H,11,13)(H,15,16). The zero-order valence-corrected chi connectivity index (χ0v) is 11.0. The molecule has 18 heavy (non-hydrogen) atoms. The number of ketones is 1. The molecule has 0 radical (unpaired) electrons. The molecule has 94 valence electrons. The first kappa shape index (κ1) is 12.7. The number of hydrogen-bond acceptors (Lipinski definition) is 7. The molecule has 0 aliphatic carbocycles. The first-order chi connectivity index (χ1) is 8.58. The van der Waals surface area contributed by atoms with E-state index in [1.165, 1.54) is 18.3 Å². The fourth-order valence-electron chi connectivity index (χ4n) is 1.27. The molecule has 0 amide bonds. The molecule has 0 aliphatic heterocycles. The number of aromatic carboxylic acids is 1. The van der Waals surface area contributed by atoms with Gasteiger partial charge in [0, 0.05) is 12.3 Å². The van der Waals surface area contributed by atoms with Crippen LogP contribution < -0.4 is 5.32 Å². The Labute approximate surface area is 110 Å². The molecule has 0 saturated carbocycles. The van der Waals surface area contributed by atoms with Crippen LogP contribution in [0.2, 0.25) is 0 Å². The van der Waals surface area contributed by atoms with Gasteiger partial charge in [-0.3, -0.25) is 4.79 Å². The number of aromatic nitrogens is 2. The minimum absolute atomic E-state index is 0.156. The summed E-state index contributed by atoms with van der Waals surface area (Å²) in [5.74, 6) is -1.50. The maximum absolute atomic E-state index is 11.3. The van der Waals surface area contributed by atoms with Crippen LogP contribution in [0.15, 0.2) is 10.9 Å². The Morgan fingerprint density at radius 2 is 2.28 bits per heavy atom. The lowest BCUT2D eigenvalue weighted by Gasteiger charge is -1.97. The van der Waals surface area contributed by atoms with Gasteiger partial charge in [0.1, 0.15) is 4.88 Å². The molecule has 2 aromatic rings. The second-order valence-corrected chi connectivity index (χ2v) is 5.11. The Kier molecular flexibility index (Phi) is 3.68. The number of thiazole rings is 2. The highest BCUT2D eigenvalue weighted by Crippen LogP contribution is 2.24. The Balaban J connectivity index is 2.16. The fourth-order valence-corrected chi connectivity index (χ4v) is 2.68. The average Bonchev–Trinajstić information content (AvgIpc) is 2.95. The molecule has 0 saturated heterocycles. The predicted molar refractivity (Wildman–Crippen MR) is 68.5 cm³/mol. The number of Topliss-reactive ketones (excluding diaryl/α,β-unsaturated/α-hetero) is 1. The summed E-state index contributed by atoms with van der Waals surface area (Å²) >= 11 is 2.52. The van der Waals surface area contributed by atoms with Crippen LogP contribution in [0.3, 0.4) is 0 Å². The van der Waals surface area contributed by atoms with Gasteiger partial charge in [-0.1, -0.05) is 11.3 Å². The van der Waals surface area contributed by atoms with Crippen LogP contribution in [0.5, 0.6) is 0 Å². The van der Waals surface area contributed by atoms with Crippen LogP contribution >= 0.6 is 22.7 Å². The highest BCUT2D eigenvalue weighted by Gasteiger charge is 2.20. The van der Waals surface area contributed by atoms with Gasteiger partial charge in [0.15, 0.2) is 16.6 Å². The van der Waals surface area contributed by atoms with Crippen molar-refractivity contribution in [1.29, 1.82) is 0 Å². The van der Waals surface area contributed by atoms with Crippen LogP contribution in [0.1, 0.15) is 32.8 Å². The van der Waals surface area contributed by atoms with Gasteiger partial charge < -0.3 is 10.4 Å². The number of carboxylic acids is 1. The van der Waals surface area contributed by atoms with Crippen LogP contribution in [0, 0.1) is 0 Å². The van der Waals surface area contributed by atoms with Gasteiger partial charge in [0.25, 0.3) is 0 Å². The van der Waals surface area contributed by atoms with Crippen LogP contribution in [0.4, 0.5) is 5.13 Å². The second kappa shape index (κ2) is 5.23. The molecule has 2 heterocycles. The summed E-state index contributed by atoms with van der Waals surface area (Å²) in [6, 6.07) is 0. The van der Waals surface area contributed by atoms with Crippen LogP contribution in [-0.2, 0) is 6.54 Å². The number of hydrogen-bond donors (Lipinski definition) is 2. The second-order valence-electron chi connectivity index (χ2n) is 3.39. The van der Waals surface area contributed by atoms with Crippen molar-refractivity contribution in [2.24, 2.45) is 0 Å². The van der Waals surface area contributed by atoms with Gasteiger partial charge in [-0.25, -0.2) is 14.8 Å².